The smallest absolute Gasteiger partial charge is 0.255 e. The Balaban J connectivity index is 1.88. The van der Waals surface area contributed by atoms with Crippen LogP contribution in [0, 0.1) is 3.57 Å². The lowest BCUT2D eigenvalue weighted by Gasteiger charge is -2.37. The molecule has 1 aromatic rings. The van der Waals surface area contributed by atoms with Gasteiger partial charge in [-0.25, -0.2) is 0 Å². The predicted octanol–water partition coefficient (Wildman–Crippen LogP) is 3.67. The molecule has 96 valence electrons. The highest BCUT2D eigenvalue weighted by molar-refractivity contribution is 14.1. The van der Waals surface area contributed by atoms with Crippen molar-refractivity contribution in [3.63, 3.8) is 0 Å². The Kier molecular flexibility index (Phi) is 3.54. The third-order valence-electron chi connectivity index (χ3n) is 4.01. The molecule has 2 aliphatic rings. The molecule has 0 N–H and O–H groups in total. The maximum Gasteiger partial charge on any atom is 0.255 e. The lowest BCUT2D eigenvalue weighted by atomic mass is 10.0. The van der Waals surface area contributed by atoms with Crippen LogP contribution in [0.1, 0.15) is 36.0 Å². The van der Waals surface area contributed by atoms with Crippen LogP contribution < -0.4 is 0 Å². The summed E-state index contributed by atoms with van der Waals surface area (Å²) >= 11 is 8.49. The number of hydrogen-bond donors (Lipinski definition) is 0. The maximum absolute atomic E-state index is 12.7. The molecule has 2 fully saturated rings. The molecule has 3 rings (SSSR count). The van der Waals surface area contributed by atoms with E-state index >= 15 is 0 Å². The molecular weight excluding hydrogens is 361 g/mol. The van der Waals surface area contributed by atoms with Gasteiger partial charge in [0.15, 0.2) is 0 Å². The fraction of sp³-hybridized carbons (Fsp3) is 0.500. The second-order valence-electron chi connectivity index (χ2n) is 5.15. The molecule has 2 heterocycles. The van der Waals surface area contributed by atoms with Gasteiger partial charge in [-0.1, -0.05) is 12.1 Å². The number of halogens is 2. The van der Waals surface area contributed by atoms with E-state index in [0.717, 1.165) is 34.8 Å². The minimum atomic E-state index is 0.191. The molecule has 0 saturated carbocycles. The molecule has 4 heteroatoms. The van der Waals surface area contributed by atoms with Crippen LogP contribution in [0.3, 0.4) is 0 Å². The van der Waals surface area contributed by atoms with Gasteiger partial charge in [0.05, 0.1) is 5.56 Å². The van der Waals surface area contributed by atoms with E-state index < -0.39 is 0 Å². The molecule has 0 aliphatic carbocycles. The SMILES string of the molecule is O=C(c1ccccc1I)N1C2CCC1CC(Cl)C2. The summed E-state index contributed by atoms with van der Waals surface area (Å²) < 4.78 is 1.03. The van der Waals surface area contributed by atoms with E-state index in [2.05, 4.69) is 27.5 Å². The Morgan fingerprint density at radius 1 is 1.22 bits per heavy atom. The number of hydrogen-bond acceptors (Lipinski definition) is 1. The van der Waals surface area contributed by atoms with Crippen LogP contribution in [0.5, 0.6) is 0 Å². The standard InChI is InChI=1S/C14H15ClINO/c15-9-7-10-5-6-11(8-9)17(10)14(18)12-3-1-2-4-13(12)16/h1-4,9-11H,5-8H2. The summed E-state index contributed by atoms with van der Waals surface area (Å²) in [6.07, 6.45) is 4.13. The van der Waals surface area contributed by atoms with Crippen LogP contribution in [-0.4, -0.2) is 28.3 Å². The maximum atomic E-state index is 12.7. The van der Waals surface area contributed by atoms with E-state index in [1.165, 1.54) is 0 Å². The molecule has 0 radical (unpaired) electrons. The van der Waals surface area contributed by atoms with Gasteiger partial charge in [-0.3, -0.25) is 4.79 Å². The minimum Gasteiger partial charge on any atom is -0.333 e. The van der Waals surface area contributed by atoms with Crippen molar-refractivity contribution >= 4 is 40.1 Å². The van der Waals surface area contributed by atoms with Gasteiger partial charge in [0, 0.05) is 21.0 Å². The summed E-state index contributed by atoms with van der Waals surface area (Å²) in [5.41, 5.74) is 0.836. The quantitative estimate of drug-likeness (QED) is 0.542. The second-order valence-corrected chi connectivity index (χ2v) is 6.93. The molecule has 1 amide bonds. The minimum absolute atomic E-state index is 0.191. The van der Waals surface area contributed by atoms with Crippen LogP contribution in [0.15, 0.2) is 24.3 Å². The Morgan fingerprint density at radius 2 is 1.83 bits per heavy atom. The van der Waals surface area contributed by atoms with Crippen LogP contribution in [0.2, 0.25) is 0 Å². The number of rotatable bonds is 1. The lowest BCUT2D eigenvalue weighted by molar-refractivity contribution is 0.0598. The van der Waals surface area contributed by atoms with E-state index in [-0.39, 0.29) is 11.3 Å². The van der Waals surface area contributed by atoms with Gasteiger partial charge in [0.2, 0.25) is 0 Å². The molecule has 0 aromatic heterocycles. The van der Waals surface area contributed by atoms with Crippen LogP contribution in [0.4, 0.5) is 0 Å². The van der Waals surface area contributed by atoms with Crippen molar-refractivity contribution in [2.45, 2.75) is 43.1 Å². The molecule has 2 aliphatic heterocycles. The number of nitrogens with zero attached hydrogens (tertiary/aromatic N) is 1. The van der Waals surface area contributed by atoms with Crippen molar-refractivity contribution in [3.8, 4) is 0 Å². The van der Waals surface area contributed by atoms with Gasteiger partial charge in [-0.05, 0) is 60.4 Å². The van der Waals surface area contributed by atoms with E-state index in [0.29, 0.717) is 12.1 Å². The fourth-order valence-corrected chi connectivity index (χ4v) is 4.25. The molecule has 2 unspecified atom stereocenters. The molecule has 2 atom stereocenters. The molecule has 18 heavy (non-hydrogen) atoms. The van der Waals surface area contributed by atoms with E-state index in [1.54, 1.807) is 0 Å². The van der Waals surface area contributed by atoms with Crippen LogP contribution in [-0.2, 0) is 0 Å². The number of fused-ring (bicyclic) bond motifs is 2. The normalized spacial score (nSPS) is 30.6. The zero-order valence-corrected chi connectivity index (χ0v) is 12.9. The predicted molar refractivity (Wildman–Crippen MR) is 81.0 cm³/mol. The number of carbonyl (C=O) groups is 1. The first-order valence-electron chi connectivity index (χ1n) is 6.38. The topological polar surface area (TPSA) is 20.3 Å². The van der Waals surface area contributed by atoms with Gasteiger partial charge in [-0.15, -0.1) is 11.6 Å². The highest BCUT2D eigenvalue weighted by atomic mass is 127. The lowest BCUT2D eigenvalue weighted by Crippen LogP contribution is -2.47. The number of alkyl halides is 1. The van der Waals surface area contributed by atoms with Gasteiger partial charge in [0.25, 0.3) is 5.91 Å². The number of benzene rings is 1. The molecular formula is C14H15ClINO. The first-order chi connectivity index (χ1) is 8.66. The number of carbonyl (C=O) groups excluding carboxylic acids is 1. The Bertz CT molecular complexity index is 465. The fourth-order valence-electron chi connectivity index (χ4n) is 3.22. The number of amides is 1. The van der Waals surface area contributed by atoms with Crippen molar-refractivity contribution in [1.29, 1.82) is 0 Å². The molecule has 1 aromatic carbocycles. The van der Waals surface area contributed by atoms with Crippen molar-refractivity contribution in [3.05, 3.63) is 33.4 Å². The molecule has 2 saturated heterocycles. The van der Waals surface area contributed by atoms with Crippen molar-refractivity contribution in [2.24, 2.45) is 0 Å². The average molecular weight is 376 g/mol. The summed E-state index contributed by atoms with van der Waals surface area (Å²) in [4.78, 5) is 14.8. The van der Waals surface area contributed by atoms with E-state index in [9.17, 15) is 4.79 Å². The second kappa shape index (κ2) is 5.00. The highest BCUT2D eigenvalue weighted by Gasteiger charge is 2.43. The highest BCUT2D eigenvalue weighted by Crippen LogP contribution is 2.38. The van der Waals surface area contributed by atoms with Crippen LogP contribution in [0.25, 0.3) is 0 Å². The van der Waals surface area contributed by atoms with Gasteiger partial charge >= 0.3 is 0 Å². The van der Waals surface area contributed by atoms with Crippen molar-refractivity contribution in [1.82, 2.24) is 4.90 Å². The van der Waals surface area contributed by atoms with E-state index in [1.807, 2.05) is 24.3 Å². The van der Waals surface area contributed by atoms with Crippen molar-refractivity contribution < 1.29 is 4.79 Å². The summed E-state index contributed by atoms with van der Waals surface area (Å²) in [5, 5.41) is 0.251. The number of piperidine rings is 1. The van der Waals surface area contributed by atoms with Crippen molar-refractivity contribution in [2.75, 3.05) is 0 Å². The molecule has 2 bridgehead atoms. The first-order valence-corrected chi connectivity index (χ1v) is 7.89. The van der Waals surface area contributed by atoms with Gasteiger partial charge in [-0.2, -0.15) is 0 Å². The summed E-state index contributed by atoms with van der Waals surface area (Å²) in [6.45, 7) is 0. The Labute approximate surface area is 126 Å². The summed E-state index contributed by atoms with van der Waals surface area (Å²) in [5.74, 6) is 0.191. The van der Waals surface area contributed by atoms with Crippen LogP contribution >= 0.6 is 34.2 Å². The molecule has 0 spiro atoms. The van der Waals surface area contributed by atoms with Gasteiger partial charge < -0.3 is 4.90 Å². The average Bonchev–Trinajstić information content (AvgIpc) is 2.61. The zero-order chi connectivity index (χ0) is 12.7. The molecule has 2 nitrogen and oxygen atoms in total. The Hall–Kier alpha value is -0.290. The summed E-state index contributed by atoms with van der Waals surface area (Å²) in [7, 11) is 0. The Morgan fingerprint density at radius 3 is 2.44 bits per heavy atom. The third-order valence-corrected chi connectivity index (χ3v) is 5.31. The van der Waals surface area contributed by atoms with Gasteiger partial charge in [0.1, 0.15) is 0 Å². The third kappa shape index (κ3) is 2.16. The van der Waals surface area contributed by atoms with E-state index in [4.69, 9.17) is 11.6 Å². The monoisotopic (exact) mass is 375 g/mol. The largest absolute Gasteiger partial charge is 0.333 e. The first kappa shape index (κ1) is 12.7. The zero-order valence-electron chi connectivity index (χ0n) is 9.98. The summed E-state index contributed by atoms with van der Waals surface area (Å²) in [6, 6.07) is 8.54.